The smallest absolute Gasteiger partial charge is 0.339 e. The highest BCUT2D eigenvalue weighted by atomic mass is 19.1. The number of halogens is 1. The third-order valence-corrected chi connectivity index (χ3v) is 3.44. The first kappa shape index (κ1) is 12.8. The Morgan fingerprint density at radius 2 is 2.11 bits per heavy atom. The highest BCUT2D eigenvalue weighted by Crippen LogP contribution is 2.26. The van der Waals surface area contributed by atoms with E-state index in [1.807, 2.05) is 0 Å². The number of nitrogens with one attached hydrogen (secondary N) is 1. The second-order valence-electron chi connectivity index (χ2n) is 4.96. The van der Waals surface area contributed by atoms with Crippen LogP contribution in [0.15, 0.2) is 12.3 Å². The van der Waals surface area contributed by atoms with E-state index in [9.17, 15) is 9.18 Å². The van der Waals surface area contributed by atoms with E-state index in [2.05, 4.69) is 17.2 Å². The Morgan fingerprint density at radius 1 is 1.44 bits per heavy atom. The molecule has 0 unspecified atom stereocenters. The molecule has 5 heteroatoms. The normalized spacial score (nSPS) is 23.7. The number of carboxylic acids is 1. The van der Waals surface area contributed by atoms with Crippen LogP contribution in [-0.4, -0.2) is 22.1 Å². The number of aromatic carboxylic acids is 1. The lowest BCUT2D eigenvalue weighted by atomic mass is 9.87. The molecule has 1 aromatic rings. The van der Waals surface area contributed by atoms with Gasteiger partial charge in [0.25, 0.3) is 0 Å². The van der Waals surface area contributed by atoms with Gasteiger partial charge < -0.3 is 10.4 Å². The fourth-order valence-corrected chi connectivity index (χ4v) is 2.32. The first-order valence-electron chi connectivity index (χ1n) is 6.21. The van der Waals surface area contributed by atoms with Gasteiger partial charge in [-0.2, -0.15) is 0 Å². The minimum atomic E-state index is -1.16. The zero-order chi connectivity index (χ0) is 13.1. The van der Waals surface area contributed by atoms with Gasteiger partial charge >= 0.3 is 5.97 Å². The summed E-state index contributed by atoms with van der Waals surface area (Å²) in [7, 11) is 0. The van der Waals surface area contributed by atoms with E-state index in [4.69, 9.17) is 5.11 Å². The van der Waals surface area contributed by atoms with Crippen molar-refractivity contribution < 1.29 is 14.3 Å². The third-order valence-electron chi connectivity index (χ3n) is 3.44. The van der Waals surface area contributed by atoms with Crippen LogP contribution in [0.1, 0.15) is 43.0 Å². The molecule has 1 saturated carbocycles. The standard InChI is InChI=1S/C13H17FN2O2/c1-8-2-4-10(5-3-8)16-12-11(13(17)18)6-9(14)7-15-12/h6-8,10H,2-5H2,1H3,(H,15,16)(H,17,18). The van der Waals surface area contributed by atoms with E-state index in [-0.39, 0.29) is 17.4 Å². The quantitative estimate of drug-likeness (QED) is 0.868. The Balaban J connectivity index is 2.11. The van der Waals surface area contributed by atoms with Crippen molar-refractivity contribution in [3.63, 3.8) is 0 Å². The van der Waals surface area contributed by atoms with Crippen molar-refractivity contribution in [3.8, 4) is 0 Å². The van der Waals surface area contributed by atoms with Crippen LogP contribution >= 0.6 is 0 Å². The molecule has 4 nitrogen and oxygen atoms in total. The summed E-state index contributed by atoms with van der Waals surface area (Å²) in [6, 6.07) is 1.24. The van der Waals surface area contributed by atoms with Crippen LogP contribution in [0.5, 0.6) is 0 Å². The van der Waals surface area contributed by atoms with E-state index < -0.39 is 11.8 Å². The van der Waals surface area contributed by atoms with E-state index >= 15 is 0 Å². The largest absolute Gasteiger partial charge is 0.478 e. The summed E-state index contributed by atoms with van der Waals surface area (Å²) in [6.45, 7) is 2.22. The summed E-state index contributed by atoms with van der Waals surface area (Å²) in [6.07, 6.45) is 5.29. The molecule has 1 aromatic heterocycles. The van der Waals surface area contributed by atoms with Gasteiger partial charge in [0.15, 0.2) is 0 Å². The van der Waals surface area contributed by atoms with Gasteiger partial charge in [-0.25, -0.2) is 14.2 Å². The molecule has 0 aliphatic heterocycles. The maximum atomic E-state index is 13.0. The van der Waals surface area contributed by atoms with Gasteiger partial charge in [-0.3, -0.25) is 0 Å². The predicted molar refractivity (Wildman–Crippen MR) is 66.2 cm³/mol. The van der Waals surface area contributed by atoms with Crippen LogP contribution < -0.4 is 5.32 Å². The predicted octanol–water partition coefficient (Wildman–Crippen LogP) is 2.91. The molecule has 1 aliphatic carbocycles. The molecule has 1 fully saturated rings. The maximum absolute atomic E-state index is 13.0. The summed E-state index contributed by atoms with van der Waals surface area (Å²) >= 11 is 0. The van der Waals surface area contributed by atoms with Crippen LogP contribution in [0.25, 0.3) is 0 Å². The van der Waals surface area contributed by atoms with Crippen molar-refractivity contribution in [3.05, 3.63) is 23.6 Å². The number of nitrogens with zero attached hydrogens (tertiary/aromatic N) is 1. The number of aromatic nitrogens is 1. The average molecular weight is 252 g/mol. The van der Waals surface area contributed by atoms with E-state index in [1.165, 1.54) is 0 Å². The number of carboxylic acid groups (broad SMARTS) is 1. The van der Waals surface area contributed by atoms with Gasteiger partial charge in [0, 0.05) is 6.04 Å². The molecule has 0 radical (unpaired) electrons. The van der Waals surface area contributed by atoms with Gasteiger partial charge in [0.2, 0.25) is 0 Å². The van der Waals surface area contributed by atoms with Gasteiger partial charge in [-0.15, -0.1) is 0 Å². The fraction of sp³-hybridized carbons (Fsp3) is 0.538. The molecule has 2 rings (SSSR count). The number of hydrogen-bond donors (Lipinski definition) is 2. The second kappa shape index (κ2) is 5.33. The zero-order valence-electron chi connectivity index (χ0n) is 10.3. The van der Waals surface area contributed by atoms with Gasteiger partial charge in [-0.05, 0) is 37.7 Å². The van der Waals surface area contributed by atoms with Crippen LogP contribution in [-0.2, 0) is 0 Å². The van der Waals surface area contributed by atoms with Crippen molar-refractivity contribution in [2.24, 2.45) is 5.92 Å². The lowest BCUT2D eigenvalue weighted by Crippen LogP contribution is -2.26. The Morgan fingerprint density at radius 3 is 2.72 bits per heavy atom. The molecule has 0 amide bonds. The van der Waals surface area contributed by atoms with Crippen LogP contribution in [0.3, 0.4) is 0 Å². The van der Waals surface area contributed by atoms with E-state index in [0.29, 0.717) is 0 Å². The Hall–Kier alpha value is -1.65. The van der Waals surface area contributed by atoms with Crippen molar-refractivity contribution in [2.45, 2.75) is 38.6 Å². The molecular weight excluding hydrogens is 235 g/mol. The van der Waals surface area contributed by atoms with Crippen LogP contribution in [0, 0.1) is 11.7 Å². The molecule has 98 valence electrons. The minimum Gasteiger partial charge on any atom is -0.478 e. The summed E-state index contributed by atoms with van der Waals surface area (Å²) in [5.74, 6) is -0.796. The van der Waals surface area contributed by atoms with Crippen LogP contribution in [0.4, 0.5) is 10.2 Å². The summed E-state index contributed by atoms with van der Waals surface area (Å²) in [4.78, 5) is 14.9. The molecule has 0 bridgehead atoms. The minimum absolute atomic E-state index is 0.103. The monoisotopic (exact) mass is 252 g/mol. The molecular formula is C13H17FN2O2. The molecule has 0 spiro atoms. The Labute approximate surface area is 105 Å². The number of rotatable bonds is 3. The second-order valence-corrected chi connectivity index (χ2v) is 4.96. The first-order chi connectivity index (χ1) is 8.56. The number of hydrogen-bond acceptors (Lipinski definition) is 3. The third kappa shape index (κ3) is 2.97. The van der Waals surface area contributed by atoms with Gasteiger partial charge in [0.05, 0.1) is 6.20 Å². The Bertz CT molecular complexity index is 443. The van der Waals surface area contributed by atoms with Crippen molar-refractivity contribution in [1.82, 2.24) is 4.98 Å². The van der Waals surface area contributed by atoms with Crippen molar-refractivity contribution in [1.29, 1.82) is 0 Å². The van der Waals surface area contributed by atoms with Crippen molar-refractivity contribution in [2.75, 3.05) is 5.32 Å². The fourth-order valence-electron chi connectivity index (χ4n) is 2.32. The average Bonchev–Trinajstić information content (AvgIpc) is 2.34. The number of anilines is 1. The summed E-state index contributed by atoms with van der Waals surface area (Å²) in [5.41, 5.74) is -0.103. The number of pyridine rings is 1. The first-order valence-corrected chi connectivity index (χ1v) is 6.21. The molecule has 0 aromatic carbocycles. The lowest BCUT2D eigenvalue weighted by molar-refractivity contribution is 0.0697. The molecule has 1 aliphatic rings. The lowest BCUT2D eigenvalue weighted by Gasteiger charge is -2.27. The summed E-state index contributed by atoms with van der Waals surface area (Å²) in [5, 5.41) is 12.1. The van der Waals surface area contributed by atoms with E-state index in [1.54, 1.807) is 0 Å². The maximum Gasteiger partial charge on any atom is 0.339 e. The van der Waals surface area contributed by atoms with Gasteiger partial charge in [-0.1, -0.05) is 6.92 Å². The highest BCUT2D eigenvalue weighted by molar-refractivity contribution is 5.93. The van der Waals surface area contributed by atoms with Crippen LogP contribution in [0.2, 0.25) is 0 Å². The van der Waals surface area contributed by atoms with E-state index in [0.717, 1.165) is 43.9 Å². The topological polar surface area (TPSA) is 62.2 Å². The van der Waals surface area contributed by atoms with Crippen molar-refractivity contribution >= 4 is 11.8 Å². The zero-order valence-corrected chi connectivity index (χ0v) is 10.3. The van der Waals surface area contributed by atoms with Gasteiger partial charge in [0.1, 0.15) is 17.2 Å². The number of carbonyl (C=O) groups is 1. The molecule has 0 atom stereocenters. The molecule has 0 saturated heterocycles. The summed E-state index contributed by atoms with van der Waals surface area (Å²) < 4.78 is 13.0. The molecule has 18 heavy (non-hydrogen) atoms. The molecule has 1 heterocycles. The highest BCUT2D eigenvalue weighted by Gasteiger charge is 2.21. The molecule has 2 N–H and O–H groups in total. The Kier molecular flexibility index (Phi) is 3.79. The SMILES string of the molecule is CC1CCC(Nc2ncc(F)cc2C(=O)O)CC1.